The fourth-order valence-electron chi connectivity index (χ4n) is 1.90. The monoisotopic (exact) mass is 251 g/mol. The molecule has 5 heteroatoms. The quantitative estimate of drug-likeness (QED) is 0.454. The number of nitrogens with one attached hydrogen (secondary N) is 1. The second kappa shape index (κ2) is 6.35. The Balaban J connectivity index is 3.19. The van der Waals surface area contributed by atoms with Crippen LogP contribution in [0.2, 0.25) is 0 Å². The number of aromatic nitrogens is 1. The predicted molar refractivity (Wildman–Crippen MR) is 72.3 cm³/mol. The molecule has 100 valence electrons. The molecule has 0 radical (unpaired) electrons. The van der Waals surface area contributed by atoms with E-state index in [1.807, 2.05) is 19.9 Å². The molecule has 1 aromatic heterocycles. The van der Waals surface area contributed by atoms with Gasteiger partial charge in [-0.3, -0.25) is 10.2 Å². The summed E-state index contributed by atoms with van der Waals surface area (Å²) >= 11 is 0. The highest BCUT2D eigenvalue weighted by Gasteiger charge is 2.12. The number of hydrogen-bond donors (Lipinski definition) is 2. The Morgan fingerprint density at radius 3 is 2.67 bits per heavy atom. The van der Waals surface area contributed by atoms with Crippen molar-refractivity contribution in [2.75, 3.05) is 13.7 Å². The molecule has 3 N–H and O–H groups in total. The van der Waals surface area contributed by atoms with Crippen molar-refractivity contribution in [1.82, 2.24) is 4.57 Å². The first-order valence-electron chi connectivity index (χ1n) is 6.06. The molecule has 18 heavy (non-hydrogen) atoms. The van der Waals surface area contributed by atoms with Gasteiger partial charge in [-0.05, 0) is 24.5 Å². The van der Waals surface area contributed by atoms with Gasteiger partial charge in [-0.1, -0.05) is 13.8 Å². The first-order valence-corrected chi connectivity index (χ1v) is 6.06. The third kappa shape index (κ3) is 3.20. The summed E-state index contributed by atoms with van der Waals surface area (Å²) < 4.78 is 6.69. The highest BCUT2D eigenvalue weighted by atomic mass is 16.5. The predicted octanol–water partition coefficient (Wildman–Crippen LogP) is 1.29. The SMILES string of the molecule is COCCCn1c(C(C)C)ccc(C(=N)N)c1=O. The maximum atomic E-state index is 12.2. The Labute approximate surface area is 107 Å². The molecule has 0 aliphatic rings. The van der Waals surface area contributed by atoms with Crippen LogP contribution >= 0.6 is 0 Å². The molecule has 5 nitrogen and oxygen atoms in total. The molecule has 0 aromatic carbocycles. The van der Waals surface area contributed by atoms with Crippen molar-refractivity contribution in [3.8, 4) is 0 Å². The van der Waals surface area contributed by atoms with E-state index in [0.717, 1.165) is 12.1 Å². The summed E-state index contributed by atoms with van der Waals surface area (Å²) in [6.07, 6.45) is 0.761. The fourth-order valence-corrected chi connectivity index (χ4v) is 1.90. The zero-order chi connectivity index (χ0) is 13.7. The molecule has 0 atom stereocenters. The van der Waals surface area contributed by atoms with Gasteiger partial charge in [0.05, 0.1) is 5.56 Å². The van der Waals surface area contributed by atoms with Crippen molar-refractivity contribution in [2.24, 2.45) is 5.73 Å². The van der Waals surface area contributed by atoms with Gasteiger partial charge in [0.1, 0.15) is 5.84 Å². The highest BCUT2D eigenvalue weighted by Crippen LogP contribution is 2.13. The molecule has 0 bridgehead atoms. The molecular weight excluding hydrogens is 230 g/mol. The number of methoxy groups -OCH3 is 1. The van der Waals surface area contributed by atoms with Gasteiger partial charge in [-0.25, -0.2) is 0 Å². The van der Waals surface area contributed by atoms with Gasteiger partial charge < -0.3 is 15.0 Å². The number of amidine groups is 1. The molecular formula is C13H21N3O2. The zero-order valence-corrected chi connectivity index (χ0v) is 11.2. The van der Waals surface area contributed by atoms with E-state index in [4.69, 9.17) is 15.9 Å². The number of nitrogens with zero attached hydrogens (tertiary/aromatic N) is 1. The van der Waals surface area contributed by atoms with E-state index in [-0.39, 0.29) is 22.9 Å². The molecule has 0 saturated heterocycles. The van der Waals surface area contributed by atoms with Gasteiger partial charge in [0.15, 0.2) is 0 Å². The summed E-state index contributed by atoms with van der Waals surface area (Å²) in [5, 5.41) is 7.40. The van der Waals surface area contributed by atoms with Crippen molar-refractivity contribution in [1.29, 1.82) is 5.41 Å². The Bertz CT molecular complexity index is 478. The third-order valence-corrected chi connectivity index (χ3v) is 2.82. The number of pyridine rings is 1. The second-order valence-electron chi connectivity index (χ2n) is 4.54. The molecule has 0 fully saturated rings. The van der Waals surface area contributed by atoms with Gasteiger partial charge in [0, 0.05) is 26.0 Å². The smallest absolute Gasteiger partial charge is 0.261 e. The average molecular weight is 251 g/mol. The number of hydrogen-bond acceptors (Lipinski definition) is 3. The van der Waals surface area contributed by atoms with Crippen molar-refractivity contribution in [3.63, 3.8) is 0 Å². The van der Waals surface area contributed by atoms with Crippen molar-refractivity contribution in [2.45, 2.75) is 32.7 Å². The van der Waals surface area contributed by atoms with Crippen LogP contribution in [0, 0.1) is 5.41 Å². The molecule has 0 unspecified atom stereocenters. The number of nitrogen functional groups attached to an aromatic ring is 1. The summed E-state index contributed by atoms with van der Waals surface area (Å²) in [6.45, 7) is 5.26. The third-order valence-electron chi connectivity index (χ3n) is 2.82. The summed E-state index contributed by atoms with van der Waals surface area (Å²) in [5.41, 5.74) is 6.44. The van der Waals surface area contributed by atoms with Gasteiger partial charge in [0.2, 0.25) is 0 Å². The Kier molecular flexibility index (Phi) is 5.09. The summed E-state index contributed by atoms with van der Waals surface area (Å²) in [5.74, 6) is 0.0667. The van der Waals surface area contributed by atoms with E-state index >= 15 is 0 Å². The minimum atomic E-state index is -0.190. The van der Waals surface area contributed by atoms with Crippen LogP contribution in [0.4, 0.5) is 0 Å². The van der Waals surface area contributed by atoms with Crippen LogP contribution in [0.15, 0.2) is 16.9 Å². The van der Waals surface area contributed by atoms with Gasteiger partial charge >= 0.3 is 0 Å². The van der Waals surface area contributed by atoms with Crippen LogP contribution in [0.1, 0.15) is 37.4 Å². The Hall–Kier alpha value is -1.62. The number of ether oxygens (including phenoxy) is 1. The first kappa shape index (κ1) is 14.4. The summed E-state index contributed by atoms with van der Waals surface area (Å²) in [4.78, 5) is 12.2. The standard InChI is InChI=1S/C13H21N3O2/c1-9(2)11-6-5-10(12(14)15)13(17)16(11)7-4-8-18-3/h5-6,9H,4,7-8H2,1-3H3,(H3,14,15). The van der Waals surface area contributed by atoms with Crippen molar-refractivity contribution < 1.29 is 4.74 Å². The highest BCUT2D eigenvalue weighted by molar-refractivity contribution is 5.94. The lowest BCUT2D eigenvalue weighted by Gasteiger charge is -2.16. The lowest BCUT2D eigenvalue weighted by atomic mass is 10.1. The summed E-state index contributed by atoms with van der Waals surface area (Å²) in [7, 11) is 1.64. The fraction of sp³-hybridized carbons (Fsp3) is 0.538. The molecule has 1 aromatic rings. The largest absolute Gasteiger partial charge is 0.385 e. The number of rotatable bonds is 6. The van der Waals surface area contributed by atoms with E-state index in [2.05, 4.69) is 0 Å². The topological polar surface area (TPSA) is 81.1 Å². The van der Waals surface area contributed by atoms with Crippen molar-refractivity contribution in [3.05, 3.63) is 33.7 Å². The second-order valence-corrected chi connectivity index (χ2v) is 4.54. The molecule has 1 heterocycles. The lowest BCUT2D eigenvalue weighted by Crippen LogP contribution is -2.32. The minimum Gasteiger partial charge on any atom is -0.385 e. The van der Waals surface area contributed by atoms with Crippen LogP contribution in [0.5, 0.6) is 0 Å². The van der Waals surface area contributed by atoms with Crippen LogP contribution in [-0.2, 0) is 11.3 Å². The van der Waals surface area contributed by atoms with Crippen LogP contribution in [0.25, 0.3) is 0 Å². The maximum absolute atomic E-state index is 12.2. The molecule has 0 amide bonds. The molecule has 0 spiro atoms. The summed E-state index contributed by atoms with van der Waals surface area (Å²) in [6, 6.07) is 3.50. The first-order chi connectivity index (χ1) is 8.49. The van der Waals surface area contributed by atoms with E-state index in [9.17, 15) is 4.79 Å². The zero-order valence-electron chi connectivity index (χ0n) is 11.2. The van der Waals surface area contributed by atoms with E-state index in [0.29, 0.717) is 13.2 Å². The van der Waals surface area contributed by atoms with Gasteiger partial charge in [-0.2, -0.15) is 0 Å². The average Bonchev–Trinajstić information content (AvgIpc) is 2.30. The lowest BCUT2D eigenvalue weighted by molar-refractivity contribution is 0.189. The molecule has 0 aliphatic heterocycles. The molecule has 0 saturated carbocycles. The van der Waals surface area contributed by atoms with Gasteiger partial charge in [-0.15, -0.1) is 0 Å². The van der Waals surface area contributed by atoms with E-state index in [1.165, 1.54) is 0 Å². The maximum Gasteiger partial charge on any atom is 0.261 e. The van der Waals surface area contributed by atoms with Crippen LogP contribution < -0.4 is 11.3 Å². The molecule has 0 aliphatic carbocycles. The Morgan fingerprint density at radius 2 is 2.17 bits per heavy atom. The van der Waals surface area contributed by atoms with Crippen LogP contribution in [0.3, 0.4) is 0 Å². The number of nitrogens with two attached hydrogens (primary N) is 1. The van der Waals surface area contributed by atoms with Gasteiger partial charge in [0.25, 0.3) is 5.56 Å². The van der Waals surface area contributed by atoms with Crippen molar-refractivity contribution >= 4 is 5.84 Å². The van der Waals surface area contributed by atoms with E-state index < -0.39 is 0 Å². The molecule has 1 rings (SSSR count). The van der Waals surface area contributed by atoms with Crippen LogP contribution in [-0.4, -0.2) is 24.1 Å². The Morgan fingerprint density at radius 1 is 1.50 bits per heavy atom. The van der Waals surface area contributed by atoms with E-state index in [1.54, 1.807) is 17.7 Å². The minimum absolute atomic E-state index is 0.184. The normalized spacial score (nSPS) is 10.9.